The van der Waals surface area contributed by atoms with Crippen LogP contribution in [0.25, 0.3) is 10.9 Å². The first-order valence-electron chi connectivity index (χ1n) is 14.3. The molecule has 0 spiro atoms. The second-order valence-corrected chi connectivity index (χ2v) is 11.9. The number of rotatable bonds is 6. The number of nitrogens with zero attached hydrogens (tertiary/aromatic N) is 2. The van der Waals surface area contributed by atoms with Gasteiger partial charge in [-0.25, -0.2) is 4.99 Å². The van der Waals surface area contributed by atoms with Crippen LogP contribution in [0.1, 0.15) is 68.7 Å². The maximum Gasteiger partial charge on any atom is 0.259 e. The summed E-state index contributed by atoms with van der Waals surface area (Å²) >= 11 is 1.70. The molecule has 0 aliphatic heterocycles. The fraction of sp³-hybridized carbons (Fsp3) is 0.257. The van der Waals surface area contributed by atoms with Crippen molar-refractivity contribution < 1.29 is 4.79 Å². The third-order valence-corrected chi connectivity index (χ3v) is 9.06. The predicted molar refractivity (Wildman–Crippen MR) is 169 cm³/mol. The van der Waals surface area contributed by atoms with Crippen LogP contribution in [0, 0.1) is 13.8 Å². The minimum Gasteiger partial charge on any atom is -0.342 e. The molecule has 6 rings (SSSR count). The second-order valence-electron chi connectivity index (χ2n) is 10.8. The number of thiophene rings is 1. The molecule has 1 N–H and O–H groups in total. The first-order chi connectivity index (χ1) is 19.6. The molecule has 1 aliphatic carbocycles. The number of aliphatic imine (C=N–C) groups is 1. The molecule has 0 saturated heterocycles. The van der Waals surface area contributed by atoms with Gasteiger partial charge in [0.1, 0.15) is 5.00 Å². The number of hydrogen-bond donors (Lipinski definition) is 1. The Hall–Kier alpha value is -3.96. The summed E-state index contributed by atoms with van der Waals surface area (Å²) in [4.78, 5) is 20.2. The van der Waals surface area contributed by atoms with Gasteiger partial charge in [0.15, 0.2) is 0 Å². The standard InChI is InChI=1S/C35H35N3OS/c1-24-18-19-25(2)30(20-24)37-34(39)33-29-15-8-3-4-9-17-32(29)40-35(33)36-21-27-23-38(22-26-12-6-5-7-13-26)31-16-11-10-14-28(27)31/h5-7,10-14,16,18-21,23H,3-4,8-9,15,17,22H2,1-2H3,(H,37,39). The average molecular weight is 546 g/mol. The van der Waals surface area contributed by atoms with Gasteiger partial charge in [0.2, 0.25) is 0 Å². The molecule has 0 unspecified atom stereocenters. The Labute approximate surface area is 240 Å². The summed E-state index contributed by atoms with van der Waals surface area (Å²) in [6, 6.07) is 25.2. The fourth-order valence-corrected chi connectivity index (χ4v) is 6.93. The molecule has 202 valence electrons. The van der Waals surface area contributed by atoms with Gasteiger partial charge in [0.05, 0.1) is 5.56 Å². The van der Waals surface area contributed by atoms with E-state index in [4.69, 9.17) is 4.99 Å². The molecule has 3 aromatic carbocycles. The molecule has 0 radical (unpaired) electrons. The van der Waals surface area contributed by atoms with Crippen LogP contribution in [0.15, 0.2) is 84.0 Å². The van der Waals surface area contributed by atoms with Crippen molar-refractivity contribution in [2.24, 2.45) is 4.99 Å². The van der Waals surface area contributed by atoms with Crippen LogP contribution < -0.4 is 5.32 Å². The highest BCUT2D eigenvalue weighted by Crippen LogP contribution is 2.39. The van der Waals surface area contributed by atoms with Gasteiger partial charge in [-0.05, 0) is 73.9 Å². The molecule has 2 heterocycles. The van der Waals surface area contributed by atoms with Crippen LogP contribution in [0.3, 0.4) is 0 Å². The summed E-state index contributed by atoms with van der Waals surface area (Å²) in [5.74, 6) is -0.0505. The number of benzene rings is 3. The lowest BCUT2D eigenvalue weighted by molar-refractivity contribution is 0.102. The first-order valence-corrected chi connectivity index (χ1v) is 15.1. The number of amides is 1. The Morgan fingerprint density at radius 2 is 1.73 bits per heavy atom. The van der Waals surface area contributed by atoms with E-state index >= 15 is 0 Å². The maximum absolute atomic E-state index is 13.9. The van der Waals surface area contributed by atoms with E-state index in [0.717, 1.165) is 58.7 Å². The van der Waals surface area contributed by atoms with E-state index in [0.29, 0.717) is 0 Å². The van der Waals surface area contributed by atoms with E-state index in [2.05, 4.69) is 83.7 Å². The summed E-state index contributed by atoms with van der Waals surface area (Å²) in [5, 5.41) is 5.21. The molecule has 0 fully saturated rings. The monoisotopic (exact) mass is 545 g/mol. The Balaban J connectivity index is 1.39. The number of aryl methyl sites for hydroxylation is 3. The van der Waals surface area contributed by atoms with Gasteiger partial charge in [0, 0.05) is 46.0 Å². The lowest BCUT2D eigenvalue weighted by atomic mass is 9.96. The van der Waals surface area contributed by atoms with Crippen LogP contribution in [0.5, 0.6) is 0 Å². The number of para-hydroxylation sites is 1. The third kappa shape index (κ3) is 5.52. The number of carbonyl (C=O) groups is 1. The Bertz CT molecular complexity index is 1690. The quantitative estimate of drug-likeness (QED) is 0.213. The molecule has 0 bridgehead atoms. The summed E-state index contributed by atoms with van der Waals surface area (Å²) < 4.78 is 2.29. The van der Waals surface area contributed by atoms with E-state index in [1.165, 1.54) is 46.2 Å². The van der Waals surface area contributed by atoms with Crippen LogP contribution in [-0.2, 0) is 19.4 Å². The Morgan fingerprint density at radius 3 is 2.58 bits per heavy atom. The molecular formula is C35H35N3OS. The van der Waals surface area contributed by atoms with E-state index in [1.807, 2.05) is 25.3 Å². The summed E-state index contributed by atoms with van der Waals surface area (Å²) in [6.07, 6.45) is 10.8. The fourth-order valence-electron chi connectivity index (χ4n) is 5.70. The molecule has 2 aromatic heterocycles. The normalized spacial score (nSPS) is 13.8. The van der Waals surface area contributed by atoms with Crippen LogP contribution in [0.4, 0.5) is 10.7 Å². The minimum absolute atomic E-state index is 0.0505. The number of fused-ring (bicyclic) bond motifs is 2. The Kier molecular flexibility index (Phi) is 7.65. The SMILES string of the molecule is Cc1ccc(C)c(NC(=O)c2c(N=Cc3cn(Cc4ccccc4)c4ccccc34)sc3c2CCCCCC3)c1. The zero-order valence-electron chi connectivity index (χ0n) is 23.2. The van der Waals surface area contributed by atoms with Gasteiger partial charge >= 0.3 is 0 Å². The zero-order chi connectivity index (χ0) is 27.5. The highest BCUT2D eigenvalue weighted by atomic mass is 32.1. The molecule has 4 nitrogen and oxygen atoms in total. The topological polar surface area (TPSA) is 46.4 Å². The first kappa shape index (κ1) is 26.3. The van der Waals surface area contributed by atoms with Crippen LogP contribution in [-0.4, -0.2) is 16.7 Å². The third-order valence-electron chi connectivity index (χ3n) is 7.86. The second kappa shape index (κ2) is 11.6. The van der Waals surface area contributed by atoms with E-state index in [1.54, 1.807) is 11.3 Å². The van der Waals surface area contributed by atoms with Gasteiger partial charge in [-0.15, -0.1) is 11.3 Å². The van der Waals surface area contributed by atoms with Crippen molar-refractivity contribution in [2.45, 2.75) is 58.9 Å². The van der Waals surface area contributed by atoms with Crippen molar-refractivity contribution in [3.05, 3.63) is 117 Å². The smallest absolute Gasteiger partial charge is 0.259 e. The van der Waals surface area contributed by atoms with Gasteiger partial charge in [0.25, 0.3) is 5.91 Å². The van der Waals surface area contributed by atoms with Crippen molar-refractivity contribution in [3.63, 3.8) is 0 Å². The van der Waals surface area contributed by atoms with E-state index < -0.39 is 0 Å². The van der Waals surface area contributed by atoms with Gasteiger partial charge in [-0.2, -0.15) is 0 Å². The van der Waals surface area contributed by atoms with E-state index in [9.17, 15) is 4.79 Å². The van der Waals surface area contributed by atoms with Crippen LogP contribution in [0.2, 0.25) is 0 Å². The molecule has 1 amide bonds. The molecule has 0 atom stereocenters. The van der Waals surface area contributed by atoms with Crippen LogP contribution >= 0.6 is 11.3 Å². The molecule has 1 aliphatic rings. The predicted octanol–water partition coefficient (Wildman–Crippen LogP) is 9.03. The largest absolute Gasteiger partial charge is 0.342 e. The van der Waals surface area contributed by atoms with Crippen molar-refractivity contribution in [1.82, 2.24) is 4.57 Å². The maximum atomic E-state index is 13.9. The molecule has 0 saturated carbocycles. The summed E-state index contributed by atoms with van der Waals surface area (Å²) in [7, 11) is 0. The minimum atomic E-state index is -0.0505. The number of hydrogen-bond acceptors (Lipinski definition) is 3. The van der Waals surface area contributed by atoms with Crippen molar-refractivity contribution >= 4 is 45.0 Å². The summed E-state index contributed by atoms with van der Waals surface area (Å²) in [5.41, 5.74) is 8.52. The molecule has 5 heteroatoms. The number of aromatic nitrogens is 1. The molecule has 40 heavy (non-hydrogen) atoms. The highest BCUT2D eigenvalue weighted by molar-refractivity contribution is 7.16. The lowest BCUT2D eigenvalue weighted by Crippen LogP contribution is -2.15. The number of anilines is 1. The number of nitrogens with one attached hydrogen (secondary N) is 1. The van der Waals surface area contributed by atoms with Gasteiger partial charge < -0.3 is 9.88 Å². The Morgan fingerprint density at radius 1 is 0.950 bits per heavy atom. The number of carbonyl (C=O) groups excluding carboxylic acids is 1. The van der Waals surface area contributed by atoms with Gasteiger partial charge in [-0.3, -0.25) is 4.79 Å². The molecule has 5 aromatic rings. The molecular weight excluding hydrogens is 510 g/mol. The van der Waals surface area contributed by atoms with Crippen molar-refractivity contribution in [1.29, 1.82) is 0 Å². The van der Waals surface area contributed by atoms with Gasteiger partial charge in [-0.1, -0.05) is 73.5 Å². The van der Waals surface area contributed by atoms with Crippen molar-refractivity contribution in [2.75, 3.05) is 5.32 Å². The lowest BCUT2D eigenvalue weighted by Gasteiger charge is -2.13. The zero-order valence-corrected chi connectivity index (χ0v) is 24.1. The van der Waals surface area contributed by atoms with E-state index in [-0.39, 0.29) is 5.91 Å². The van der Waals surface area contributed by atoms with Crippen molar-refractivity contribution in [3.8, 4) is 0 Å². The highest BCUT2D eigenvalue weighted by Gasteiger charge is 2.24. The summed E-state index contributed by atoms with van der Waals surface area (Å²) in [6.45, 7) is 4.89. The average Bonchev–Trinajstić information content (AvgIpc) is 3.47.